The maximum Gasteiger partial charge on any atom is 0.121 e. The molecule has 2 rings (SSSR count). The van der Waals surface area contributed by atoms with Gasteiger partial charge in [0, 0.05) is 23.7 Å². The van der Waals surface area contributed by atoms with Gasteiger partial charge < -0.3 is 15.5 Å². The van der Waals surface area contributed by atoms with Gasteiger partial charge in [-0.2, -0.15) is 0 Å². The summed E-state index contributed by atoms with van der Waals surface area (Å²) in [4.78, 5) is 0. The molecule has 3 N–H and O–H groups in total. The number of halogens is 1. The monoisotopic (exact) mass is 263 g/mol. The van der Waals surface area contributed by atoms with Crippen molar-refractivity contribution in [3.63, 3.8) is 0 Å². The molecule has 0 saturated carbocycles. The lowest BCUT2D eigenvalue weighted by molar-refractivity contribution is 0.464. The van der Waals surface area contributed by atoms with Crippen molar-refractivity contribution >= 4 is 11.6 Å². The first-order valence-corrected chi connectivity index (χ1v) is 5.99. The lowest BCUT2D eigenvalue weighted by atomic mass is 10.2. The van der Waals surface area contributed by atoms with Gasteiger partial charge in [-0.15, -0.1) is 0 Å². The molecule has 0 atom stereocenters. The average molecular weight is 264 g/mol. The highest BCUT2D eigenvalue weighted by molar-refractivity contribution is 6.31. The molecule has 2 aromatic rings. The van der Waals surface area contributed by atoms with Crippen molar-refractivity contribution in [2.45, 2.75) is 13.1 Å². The van der Waals surface area contributed by atoms with Crippen molar-refractivity contribution < 1.29 is 10.2 Å². The Balaban J connectivity index is 1.94. The molecule has 0 aromatic heterocycles. The van der Waals surface area contributed by atoms with E-state index in [4.69, 9.17) is 16.7 Å². The summed E-state index contributed by atoms with van der Waals surface area (Å²) in [5.41, 5.74) is 1.75. The van der Waals surface area contributed by atoms with E-state index in [1.165, 1.54) is 0 Å². The number of nitrogens with one attached hydrogen (secondary N) is 1. The summed E-state index contributed by atoms with van der Waals surface area (Å²) in [6, 6.07) is 12.0. The van der Waals surface area contributed by atoms with E-state index < -0.39 is 0 Å². The molecule has 3 nitrogen and oxygen atoms in total. The summed E-state index contributed by atoms with van der Waals surface area (Å²) in [6.07, 6.45) is 0. The summed E-state index contributed by atoms with van der Waals surface area (Å²) in [6.45, 7) is 1.14. The summed E-state index contributed by atoms with van der Waals surface area (Å²) in [5.74, 6) is 0.447. The van der Waals surface area contributed by atoms with Gasteiger partial charge in [0.15, 0.2) is 0 Å². The van der Waals surface area contributed by atoms with Crippen molar-refractivity contribution in [1.82, 2.24) is 5.32 Å². The first kappa shape index (κ1) is 12.7. The third-order valence-corrected chi connectivity index (χ3v) is 3.02. The molecule has 94 valence electrons. The molecule has 0 aliphatic carbocycles. The molecule has 0 heterocycles. The highest BCUT2D eigenvalue weighted by Crippen LogP contribution is 2.24. The number of hydrogen-bond donors (Lipinski definition) is 3. The van der Waals surface area contributed by atoms with Crippen molar-refractivity contribution in [2.24, 2.45) is 0 Å². The Bertz CT molecular complexity index is 506. The number of rotatable bonds is 4. The predicted molar refractivity (Wildman–Crippen MR) is 71.8 cm³/mol. The fourth-order valence-electron chi connectivity index (χ4n) is 1.67. The lowest BCUT2D eigenvalue weighted by Crippen LogP contribution is -2.13. The molecule has 0 spiro atoms. The van der Waals surface area contributed by atoms with Gasteiger partial charge in [0.05, 0.1) is 0 Å². The third-order valence-electron chi connectivity index (χ3n) is 2.66. The molecule has 18 heavy (non-hydrogen) atoms. The smallest absolute Gasteiger partial charge is 0.121 e. The predicted octanol–water partition coefficient (Wildman–Crippen LogP) is 3.04. The molecule has 0 unspecified atom stereocenters. The lowest BCUT2D eigenvalue weighted by Gasteiger charge is -2.08. The Morgan fingerprint density at radius 1 is 0.944 bits per heavy atom. The molecule has 4 heteroatoms. The van der Waals surface area contributed by atoms with Crippen LogP contribution in [-0.2, 0) is 13.1 Å². The van der Waals surface area contributed by atoms with Crippen LogP contribution in [0.5, 0.6) is 11.5 Å². The number of phenols is 2. The van der Waals surface area contributed by atoms with Gasteiger partial charge in [0.1, 0.15) is 11.5 Å². The van der Waals surface area contributed by atoms with E-state index >= 15 is 0 Å². The fourth-order valence-corrected chi connectivity index (χ4v) is 1.90. The van der Waals surface area contributed by atoms with Crippen molar-refractivity contribution in [3.05, 3.63) is 58.6 Å². The van der Waals surface area contributed by atoms with Gasteiger partial charge in [-0.1, -0.05) is 29.8 Å². The normalized spacial score (nSPS) is 10.5. The van der Waals surface area contributed by atoms with Crippen molar-refractivity contribution in [1.29, 1.82) is 0 Å². The number of hydrogen-bond acceptors (Lipinski definition) is 3. The Kier molecular flexibility index (Phi) is 4.07. The summed E-state index contributed by atoms with van der Waals surface area (Å²) in [5, 5.41) is 22.6. The maximum atomic E-state index is 9.67. The van der Waals surface area contributed by atoms with Crippen molar-refractivity contribution in [3.8, 4) is 11.5 Å². The Morgan fingerprint density at radius 3 is 2.33 bits per heavy atom. The Hall–Kier alpha value is -1.71. The minimum atomic E-state index is 0.195. The standard InChI is InChI=1S/C14H14ClNO2/c15-13-2-1-3-14(18)12(13)9-16-8-10-4-6-11(17)7-5-10/h1-7,16-18H,8-9H2. The van der Waals surface area contributed by atoms with Crippen LogP contribution in [0.25, 0.3) is 0 Å². The highest BCUT2D eigenvalue weighted by atomic mass is 35.5. The quantitative estimate of drug-likeness (QED) is 0.795. The van der Waals surface area contributed by atoms with Crippen LogP contribution in [-0.4, -0.2) is 10.2 Å². The van der Waals surface area contributed by atoms with Crippen LogP contribution in [0.4, 0.5) is 0 Å². The summed E-state index contributed by atoms with van der Waals surface area (Å²) >= 11 is 6.00. The van der Waals surface area contributed by atoms with E-state index in [1.54, 1.807) is 30.3 Å². The topological polar surface area (TPSA) is 52.5 Å². The van der Waals surface area contributed by atoms with Crippen molar-refractivity contribution in [2.75, 3.05) is 0 Å². The second kappa shape index (κ2) is 5.76. The zero-order valence-corrected chi connectivity index (χ0v) is 10.5. The largest absolute Gasteiger partial charge is 0.508 e. The summed E-state index contributed by atoms with van der Waals surface area (Å²) < 4.78 is 0. The van der Waals surface area contributed by atoms with E-state index in [0.717, 1.165) is 5.56 Å². The van der Waals surface area contributed by atoms with E-state index in [9.17, 15) is 5.11 Å². The van der Waals surface area contributed by atoms with Crippen LogP contribution in [0, 0.1) is 0 Å². The molecule has 0 fully saturated rings. The van der Waals surface area contributed by atoms with Gasteiger partial charge in [-0.05, 0) is 29.8 Å². The molecular formula is C14H14ClNO2. The van der Waals surface area contributed by atoms with Crippen LogP contribution in [0.3, 0.4) is 0 Å². The molecule has 0 amide bonds. The molecule has 0 bridgehead atoms. The minimum absolute atomic E-state index is 0.195. The fraction of sp³-hybridized carbons (Fsp3) is 0.143. The number of aromatic hydroxyl groups is 2. The van der Waals surface area contributed by atoms with Crippen LogP contribution < -0.4 is 5.32 Å². The van der Waals surface area contributed by atoms with Crippen LogP contribution in [0.2, 0.25) is 5.02 Å². The van der Waals surface area contributed by atoms with Crippen LogP contribution >= 0.6 is 11.6 Å². The number of phenolic OH excluding ortho intramolecular Hbond substituents is 2. The van der Waals surface area contributed by atoms with Gasteiger partial charge in [-0.3, -0.25) is 0 Å². The van der Waals surface area contributed by atoms with Crippen LogP contribution in [0.1, 0.15) is 11.1 Å². The average Bonchev–Trinajstić information content (AvgIpc) is 2.35. The zero-order valence-electron chi connectivity index (χ0n) is 9.73. The zero-order chi connectivity index (χ0) is 13.0. The van der Waals surface area contributed by atoms with Gasteiger partial charge in [0.25, 0.3) is 0 Å². The molecule has 2 aromatic carbocycles. The molecular weight excluding hydrogens is 250 g/mol. The first-order chi connectivity index (χ1) is 8.66. The van der Waals surface area contributed by atoms with E-state index in [-0.39, 0.29) is 11.5 Å². The van der Waals surface area contributed by atoms with E-state index in [1.807, 2.05) is 12.1 Å². The van der Waals surface area contributed by atoms with Gasteiger partial charge in [-0.25, -0.2) is 0 Å². The van der Waals surface area contributed by atoms with Crippen LogP contribution in [0.15, 0.2) is 42.5 Å². The van der Waals surface area contributed by atoms with E-state index in [2.05, 4.69) is 5.32 Å². The maximum absolute atomic E-state index is 9.67. The summed E-state index contributed by atoms with van der Waals surface area (Å²) in [7, 11) is 0. The SMILES string of the molecule is Oc1ccc(CNCc2c(O)cccc2Cl)cc1. The molecule has 0 radical (unpaired) electrons. The highest BCUT2D eigenvalue weighted by Gasteiger charge is 2.05. The molecule has 0 aliphatic heterocycles. The minimum Gasteiger partial charge on any atom is -0.508 e. The third kappa shape index (κ3) is 3.15. The number of benzene rings is 2. The van der Waals surface area contributed by atoms with Gasteiger partial charge in [0.2, 0.25) is 0 Å². The molecule has 0 aliphatic rings. The second-order valence-corrected chi connectivity index (χ2v) is 4.41. The second-order valence-electron chi connectivity index (χ2n) is 4.01. The van der Waals surface area contributed by atoms with E-state index in [0.29, 0.717) is 23.7 Å². The first-order valence-electron chi connectivity index (χ1n) is 5.62. The Labute approximate surface area is 111 Å². The van der Waals surface area contributed by atoms with Gasteiger partial charge >= 0.3 is 0 Å². The molecule has 0 saturated heterocycles. The Morgan fingerprint density at radius 2 is 1.67 bits per heavy atom.